The SMILES string of the molecule is Cc1cc(Nc2cnc(C(=O)NC3CCCC3)cn2)ccc1Br. The molecular weight excluding hydrogens is 356 g/mol. The highest BCUT2D eigenvalue weighted by Crippen LogP contribution is 2.22. The minimum absolute atomic E-state index is 0.143. The Kier molecular flexibility index (Phi) is 4.91. The summed E-state index contributed by atoms with van der Waals surface area (Å²) in [6, 6.07) is 6.24. The first kappa shape index (κ1) is 15.9. The molecule has 1 heterocycles. The minimum Gasteiger partial charge on any atom is -0.348 e. The van der Waals surface area contributed by atoms with E-state index in [1.54, 1.807) is 6.20 Å². The topological polar surface area (TPSA) is 66.9 Å². The largest absolute Gasteiger partial charge is 0.348 e. The van der Waals surface area contributed by atoms with Crippen LogP contribution in [0, 0.1) is 6.92 Å². The standard InChI is InChI=1S/C17H19BrN4O/c1-11-8-13(6-7-14(11)18)21-16-10-19-15(9-20-16)17(23)22-12-4-2-3-5-12/h6-10,12H,2-5H2,1H3,(H,20,21)(H,22,23). The molecule has 0 atom stereocenters. The zero-order valence-corrected chi connectivity index (χ0v) is 14.6. The van der Waals surface area contributed by atoms with Crippen molar-refractivity contribution < 1.29 is 4.79 Å². The predicted molar refractivity (Wildman–Crippen MR) is 93.9 cm³/mol. The molecule has 1 aliphatic rings. The monoisotopic (exact) mass is 374 g/mol. The Labute approximate surface area is 144 Å². The fourth-order valence-corrected chi connectivity index (χ4v) is 2.96. The lowest BCUT2D eigenvalue weighted by molar-refractivity contribution is 0.0932. The Morgan fingerprint density at radius 3 is 2.65 bits per heavy atom. The smallest absolute Gasteiger partial charge is 0.271 e. The van der Waals surface area contributed by atoms with E-state index < -0.39 is 0 Å². The summed E-state index contributed by atoms with van der Waals surface area (Å²) in [6.07, 6.45) is 7.58. The third-order valence-electron chi connectivity index (χ3n) is 4.01. The minimum atomic E-state index is -0.143. The van der Waals surface area contributed by atoms with Crippen molar-refractivity contribution in [3.8, 4) is 0 Å². The maximum atomic E-state index is 12.1. The molecule has 1 aromatic heterocycles. The van der Waals surface area contributed by atoms with Gasteiger partial charge in [0.1, 0.15) is 11.5 Å². The van der Waals surface area contributed by atoms with Crippen molar-refractivity contribution in [2.75, 3.05) is 5.32 Å². The number of aromatic nitrogens is 2. The fourth-order valence-electron chi connectivity index (χ4n) is 2.71. The summed E-state index contributed by atoms with van der Waals surface area (Å²) < 4.78 is 1.06. The molecule has 120 valence electrons. The van der Waals surface area contributed by atoms with Crippen molar-refractivity contribution >= 4 is 33.3 Å². The first-order valence-corrected chi connectivity index (χ1v) is 8.57. The van der Waals surface area contributed by atoms with Crippen molar-refractivity contribution in [3.05, 3.63) is 46.3 Å². The highest BCUT2D eigenvalue weighted by Gasteiger charge is 2.18. The summed E-state index contributed by atoms with van der Waals surface area (Å²) in [6.45, 7) is 2.03. The van der Waals surface area contributed by atoms with E-state index >= 15 is 0 Å². The molecule has 1 saturated carbocycles. The summed E-state index contributed by atoms with van der Waals surface area (Å²) in [4.78, 5) is 20.6. The molecular formula is C17H19BrN4O. The molecule has 2 aromatic rings. The van der Waals surface area contributed by atoms with Gasteiger partial charge < -0.3 is 10.6 Å². The molecule has 1 amide bonds. The molecule has 5 nitrogen and oxygen atoms in total. The van der Waals surface area contributed by atoms with E-state index in [1.807, 2.05) is 25.1 Å². The molecule has 0 unspecified atom stereocenters. The van der Waals surface area contributed by atoms with Gasteiger partial charge in [0.15, 0.2) is 0 Å². The van der Waals surface area contributed by atoms with Gasteiger partial charge in [-0.15, -0.1) is 0 Å². The van der Waals surface area contributed by atoms with Crippen LogP contribution in [-0.2, 0) is 0 Å². The number of carbonyl (C=O) groups excluding carboxylic acids is 1. The number of amides is 1. The van der Waals surface area contributed by atoms with Crippen LogP contribution in [0.15, 0.2) is 35.1 Å². The average molecular weight is 375 g/mol. The molecule has 0 aliphatic heterocycles. The van der Waals surface area contributed by atoms with Crippen molar-refractivity contribution in [1.82, 2.24) is 15.3 Å². The number of hydrogen-bond acceptors (Lipinski definition) is 4. The van der Waals surface area contributed by atoms with Gasteiger partial charge >= 0.3 is 0 Å². The van der Waals surface area contributed by atoms with Gasteiger partial charge in [0, 0.05) is 16.2 Å². The highest BCUT2D eigenvalue weighted by atomic mass is 79.9. The Balaban J connectivity index is 1.64. The second-order valence-corrected chi connectivity index (χ2v) is 6.69. The molecule has 1 aliphatic carbocycles. The van der Waals surface area contributed by atoms with Gasteiger partial charge in [0.2, 0.25) is 0 Å². The number of nitrogens with zero attached hydrogens (tertiary/aromatic N) is 2. The van der Waals surface area contributed by atoms with Crippen molar-refractivity contribution in [1.29, 1.82) is 0 Å². The van der Waals surface area contributed by atoms with Gasteiger partial charge in [0.05, 0.1) is 12.4 Å². The first-order valence-electron chi connectivity index (χ1n) is 7.78. The zero-order chi connectivity index (χ0) is 16.2. The van der Waals surface area contributed by atoms with Gasteiger partial charge in [-0.3, -0.25) is 4.79 Å². The van der Waals surface area contributed by atoms with E-state index in [0.29, 0.717) is 11.5 Å². The third kappa shape index (κ3) is 4.07. The van der Waals surface area contributed by atoms with E-state index in [0.717, 1.165) is 28.6 Å². The first-order chi connectivity index (χ1) is 11.1. The molecule has 3 rings (SSSR count). The zero-order valence-electron chi connectivity index (χ0n) is 13.0. The van der Waals surface area contributed by atoms with Gasteiger partial charge in [0.25, 0.3) is 5.91 Å². The molecule has 0 bridgehead atoms. The molecule has 0 spiro atoms. The van der Waals surface area contributed by atoms with Crippen LogP contribution in [0.4, 0.5) is 11.5 Å². The van der Waals surface area contributed by atoms with Crippen LogP contribution in [0.25, 0.3) is 0 Å². The number of benzene rings is 1. The lowest BCUT2D eigenvalue weighted by Gasteiger charge is -2.11. The number of anilines is 2. The van der Waals surface area contributed by atoms with Crippen molar-refractivity contribution in [2.24, 2.45) is 0 Å². The highest BCUT2D eigenvalue weighted by molar-refractivity contribution is 9.10. The molecule has 1 aromatic carbocycles. The molecule has 0 radical (unpaired) electrons. The van der Waals surface area contributed by atoms with Crippen LogP contribution in [0.2, 0.25) is 0 Å². The summed E-state index contributed by atoms with van der Waals surface area (Å²) in [7, 11) is 0. The summed E-state index contributed by atoms with van der Waals surface area (Å²) in [5.41, 5.74) is 2.42. The van der Waals surface area contributed by atoms with Crippen molar-refractivity contribution in [2.45, 2.75) is 38.6 Å². The van der Waals surface area contributed by atoms with Gasteiger partial charge in [-0.25, -0.2) is 9.97 Å². The van der Waals surface area contributed by atoms with E-state index in [1.165, 1.54) is 19.0 Å². The van der Waals surface area contributed by atoms with E-state index in [9.17, 15) is 4.79 Å². The normalized spacial score (nSPS) is 14.7. The second-order valence-electron chi connectivity index (χ2n) is 5.83. The second kappa shape index (κ2) is 7.08. The van der Waals surface area contributed by atoms with Gasteiger partial charge in [-0.1, -0.05) is 28.8 Å². The number of rotatable bonds is 4. The van der Waals surface area contributed by atoms with Gasteiger partial charge in [-0.05, 0) is 43.5 Å². The van der Waals surface area contributed by atoms with Crippen LogP contribution < -0.4 is 10.6 Å². The van der Waals surface area contributed by atoms with Crippen LogP contribution >= 0.6 is 15.9 Å². The maximum Gasteiger partial charge on any atom is 0.271 e. The van der Waals surface area contributed by atoms with E-state index in [4.69, 9.17) is 0 Å². The number of hydrogen-bond donors (Lipinski definition) is 2. The van der Waals surface area contributed by atoms with E-state index in [2.05, 4.69) is 36.5 Å². The van der Waals surface area contributed by atoms with Crippen LogP contribution in [-0.4, -0.2) is 21.9 Å². The third-order valence-corrected chi connectivity index (χ3v) is 4.89. The lowest BCUT2D eigenvalue weighted by Crippen LogP contribution is -2.33. The van der Waals surface area contributed by atoms with Crippen LogP contribution in [0.5, 0.6) is 0 Å². The summed E-state index contributed by atoms with van der Waals surface area (Å²) in [5.74, 6) is 0.472. The number of carbonyl (C=O) groups is 1. The quantitative estimate of drug-likeness (QED) is 0.849. The number of aryl methyl sites for hydroxylation is 1. The fraction of sp³-hybridized carbons (Fsp3) is 0.353. The Hall–Kier alpha value is -1.95. The Bertz CT molecular complexity index is 696. The van der Waals surface area contributed by atoms with E-state index in [-0.39, 0.29) is 11.9 Å². The number of halogens is 1. The van der Waals surface area contributed by atoms with Crippen LogP contribution in [0.1, 0.15) is 41.7 Å². The van der Waals surface area contributed by atoms with Crippen LogP contribution in [0.3, 0.4) is 0 Å². The molecule has 1 fully saturated rings. The summed E-state index contributed by atoms with van der Waals surface area (Å²) in [5, 5.41) is 6.20. The molecule has 0 saturated heterocycles. The summed E-state index contributed by atoms with van der Waals surface area (Å²) >= 11 is 3.48. The molecule has 2 N–H and O–H groups in total. The Morgan fingerprint density at radius 2 is 2.00 bits per heavy atom. The van der Waals surface area contributed by atoms with Crippen molar-refractivity contribution in [3.63, 3.8) is 0 Å². The maximum absolute atomic E-state index is 12.1. The Morgan fingerprint density at radius 1 is 1.22 bits per heavy atom. The average Bonchev–Trinajstić information content (AvgIpc) is 3.04. The lowest BCUT2D eigenvalue weighted by atomic mass is 10.2. The molecule has 6 heteroatoms. The molecule has 23 heavy (non-hydrogen) atoms. The van der Waals surface area contributed by atoms with Gasteiger partial charge in [-0.2, -0.15) is 0 Å². The predicted octanol–water partition coefficient (Wildman–Crippen LogP) is 3.96. The number of nitrogens with one attached hydrogen (secondary N) is 2.